The molecule has 5 rings (SSSR count). The van der Waals surface area contributed by atoms with E-state index in [9.17, 15) is 9.59 Å². The summed E-state index contributed by atoms with van der Waals surface area (Å²) in [5, 5.41) is 7.76. The molecule has 36 heavy (non-hydrogen) atoms. The van der Waals surface area contributed by atoms with Crippen LogP contribution in [0.5, 0.6) is 0 Å². The number of hydrogen-bond acceptors (Lipinski definition) is 6. The van der Waals surface area contributed by atoms with Gasteiger partial charge in [0, 0.05) is 21.5 Å². The second kappa shape index (κ2) is 11.1. The summed E-state index contributed by atoms with van der Waals surface area (Å²) < 4.78 is 5.16. The van der Waals surface area contributed by atoms with Gasteiger partial charge in [-0.05, 0) is 35.9 Å². The van der Waals surface area contributed by atoms with E-state index in [1.54, 1.807) is 18.2 Å². The summed E-state index contributed by atoms with van der Waals surface area (Å²) in [5.74, 6) is -0.282. The minimum Gasteiger partial charge on any atom is -0.459 e. The van der Waals surface area contributed by atoms with Crippen molar-refractivity contribution in [3.05, 3.63) is 120 Å². The summed E-state index contributed by atoms with van der Waals surface area (Å²) >= 11 is 2.79. The van der Waals surface area contributed by atoms with Crippen molar-refractivity contribution in [2.24, 2.45) is 0 Å². The van der Waals surface area contributed by atoms with Crippen molar-refractivity contribution in [3.8, 4) is 11.3 Å². The highest BCUT2D eigenvalue weighted by molar-refractivity contribution is 8.00. The second-order valence-electron chi connectivity index (χ2n) is 7.76. The van der Waals surface area contributed by atoms with Gasteiger partial charge in [-0.1, -0.05) is 66.7 Å². The third kappa shape index (κ3) is 5.73. The number of anilines is 2. The Bertz CT molecular complexity index is 1450. The molecule has 8 heteroatoms. The fourth-order valence-electron chi connectivity index (χ4n) is 3.53. The molecule has 2 heterocycles. The van der Waals surface area contributed by atoms with Crippen molar-refractivity contribution in [3.63, 3.8) is 0 Å². The molecule has 2 aromatic heterocycles. The Balaban J connectivity index is 1.34. The van der Waals surface area contributed by atoms with Gasteiger partial charge in [0.25, 0.3) is 5.91 Å². The van der Waals surface area contributed by atoms with Crippen LogP contribution in [0.1, 0.15) is 21.4 Å². The van der Waals surface area contributed by atoms with Crippen molar-refractivity contribution < 1.29 is 14.0 Å². The first-order valence-corrected chi connectivity index (χ1v) is 12.9. The molecule has 0 saturated carbocycles. The zero-order chi connectivity index (χ0) is 24.7. The molecule has 0 spiro atoms. The lowest BCUT2D eigenvalue weighted by atomic mass is 10.1. The summed E-state index contributed by atoms with van der Waals surface area (Å²) in [6, 6.07) is 30.1. The predicted octanol–water partition coefficient (Wildman–Crippen LogP) is 7.13. The van der Waals surface area contributed by atoms with Crippen LogP contribution in [-0.4, -0.2) is 16.8 Å². The van der Waals surface area contributed by atoms with Crippen LogP contribution in [0.2, 0.25) is 0 Å². The lowest BCUT2D eigenvalue weighted by Gasteiger charge is -2.17. The maximum atomic E-state index is 13.4. The Morgan fingerprint density at radius 2 is 1.64 bits per heavy atom. The lowest BCUT2D eigenvalue weighted by molar-refractivity contribution is -0.115. The first-order valence-electron chi connectivity index (χ1n) is 11.1. The number of nitrogens with one attached hydrogen (secondary N) is 2. The van der Waals surface area contributed by atoms with Gasteiger partial charge in [-0.3, -0.25) is 9.59 Å². The van der Waals surface area contributed by atoms with Crippen LogP contribution in [0, 0.1) is 0 Å². The molecule has 5 aromatic rings. The van der Waals surface area contributed by atoms with Crippen LogP contribution in [0.4, 0.5) is 10.8 Å². The number of rotatable bonds is 8. The molecule has 0 bridgehead atoms. The van der Waals surface area contributed by atoms with Gasteiger partial charge < -0.3 is 15.1 Å². The summed E-state index contributed by atoms with van der Waals surface area (Å²) in [6.45, 7) is 0. The van der Waals surface area contributed by atoms with Crippen LogP contribution >= 0.6 is 23.1 Å². The maximum absolute atomic E-state index is 13.4. The van der Waals surface area contributed by atoms with Gasteiger partial charge in [-0.25, -0.2) is 4.98 Å². The average molecular weight is 512 g/mol. The molecule has 0 aliphatic heterocycles. The van der Waals surface area contributed by atoms with Gasteiger partial charge in [-0.2, -0.15) is 0 Å². The lowest BCUT2D eigenvalue weighted by Crippen LogP contribution is -2.19. The van der Waals surface area contributed by atoms with E-state index in [2.05, 4.69) is 15.6 Å². The minimum atomic E-state index is -0.522. The third-order valence-corrected chi connectivity index (χ3v) is 7.24. The maximum Gasteiger partial charge on any atom is 0.291 e. The smallest absolute Gasteiger partial charge is 0.291 e. The number of carbonyl (C=O) groups is 2. The standard InChI is InChI=1S/C28H21N3O3S2/c32-26(24-15-8-16-34-24)29-21-13-7-14-22(17-21)36-25(20-11-5-2-6-12-20)27(33)31-28-30-23(18-35-28)19-9-3-1-4-10-19/h1-18,25H,(H,29,32)(H,30,31,33). The summed E-state index contributed by atoms with van der Waals surface area (Å²) in [5.41, 5.74) is 3.29. The van der Waals surface area contributed by atoms with Gasteiger partial charge in [0.15, 0.2) is 10.9 Å². The number of thiazole rings is 1. The zero-order valence-corrected chi connectivity index (χ0v) is 20.6. The molecule has 6 nitrogen and oxygen atoms in total. The molecular formula is C28H21N3O3S2. The number of furan rings is 1. The van der Waals surface area contributed by atoms with Crippen molar-refractivity contribution in [1.29, 1.82) is 0 Å². The number of aromatic nitrogens is 1. The van der Waals surface area contributed by atoms with Gasteiger partial charge in [-0.15, -0.1) is 23.1 Å². The fourth-order valence-corrected chi connectivity index (χ4v) is 5.33. The van der Waals surface area contributed by atoms with Gasteiger partial charge >= 0.3 is 0 Å². The first kappa shape index (κ1) is 23.6. The van der Waals surface area contributed by atoms with Crippen molar-refractivity contribution >= 4 is 45.7 Å². The molecule has 0 saturated heterocycles. The summed E-state index contributed by atoms with van der Waals surface area (Å²) in [6.07, 6.45) is 1.45. The SMILES string of the molecule is O=C(Nc1cccc(SC(C(=O)Nc2nc(-c3ccccc3)cs2)c2ccccc2)c1)c1ccco1. The van der Waals surface area contributed by atoms with E-state index in [1.807, 2.05) is 84.2 Å². The van der Waals surface area contributed by atoms with Crippen LogP contribution in [0.15, 0.2) is 118 Å². The van der Waals surface area contributed by atoms with Gasteiger partial charge in [0.05, 0.1) is 12.0 Å². The van der Waals surface area contributed by atoms with E-state index in [0.29, 0.717) is 10.8 Å². The third-order valence-electron chi connectivity index (χ3n) is 5.24. The Labute approximate surface area is 216 Å². The number of thioether (sulfide) groups is 1. The quantitative estimate of drug-likeness (QED) is 0.217. The summed E-state index contributed by atoms with van der Waals surface area (Å²) in [4.78, 5) is 31.2. The molecule has 2 amide bonds. The largest absolute Gasteiger partial charge is 0.459 e. The topological polar surface area (TPSA) is 84.2 Å². The van der Waals surface area contributed by atoms with Crippen LogP contribution in [-0.2, 0) is 4.79 Å². The average Bonchev–Trinajstić information content (AvgIpc) is 3.61. The van der Waals surface area contributed by atoms with E-state index in [0.717, 1.165) is 21.7 Å². The second-order valence-corrected chi connectivity index (χ2v) is 9.80. The number of carbonyl (C=O) groups excluding carboxylic acids is 2. The highest BCUT2D eigenvalue weighted by Crippen LogP contribution is 2.37. The molecule has 1 unspecified atom stereocenters. The molecule has 0 aliphatic carbocycles. The number of amides is 2. The molecule has 2 N–H and O–H groups in total. The molecular weight excluding hydrogens is 490 g/mol. The molecule has 3 aromatic carbocycles. The number of benzene rings is 3. The Morgan fingerprint density at radius 3 is 2.39 bits per heavy atom. The highest BCUT2D eigenvalue weighted by Gasteiger charge is 2.23. The van der Waals surface area contributed by atoms with E-state index in [-0.39, 0.29) is 17.6 Å². The van der Waals surface area contributed by atoms with Crippen molar-refractivity contribution in [2.45, 2.75) is 10.1 Å². The molecule has 0 aliphatic rings. The highest BCUT2D eigenvalue weighted by atomic mass is 32.2. The fraction of sp³-hybridized carbons (Fsp3) is 0.0357. The van der Waals surface area contributed by atoms with Crippen LogP contribution in [0.3, 0.4) is 0 Å². The summed E-state index contributed by atoms with van der Waals surface area (Å²) in [7, 11) is 0. The van der Waals surface area contributed by atoms with E-state index >= 15 is 0 Å². The zero-order valence-electron chi connectivity index (χ0n) is 19.0. The molecule has 0 fully saturated rings. The molecule has 0 radical (unpaired) electrons. The number of nitrogens with zero attached hydrogens (tertiary/aromatic N) is 1. The van der Waals surface area contributed by atoms with E-state index < -0.39 is 5.25 Å². The van der Waals surface area contributed by atoms with Gasteiger partial charge in [0.1, 0.15) is 5.25 Å². The minimum absolute atomic E-state index is 0.176. The van der Waals surface area contributed by atoms with Crippen LogP contribution < -0.4 is 10.6 Å². The van der Waals surface area contributed by atoms with Crippen LogP contribution in [0.25, 0.3) is 11.3 Å². The Hall–Kier alpha value is -4.14. The number of hydrogen-bond donors (Lipinski definition) is 2. The van der Waals surface area contributed by atoms with Crippen molar-refractivity contribution in [2.75, 3.05) is 10.6 Å². The molecule has 1 atom stereocenters. The predicted molar refractivity (Wildman–Crippen MR) is 144 cm³/mol. The van der Waals surface area contributed by atoms with E-state index in [4.69, 9.17) is 4.42 Å². The normalized spacial score (nSPS) is 11.6. The molecule has 178 valence electrons. The van der Waals surface area contributed by atoms with E-state index in [1.165, 1.54) is 29.4 Å². The first-order chi connectivity index (χ1) is 17.7. The van der Waals surface area contributed by atoms with Crippen molar-refractivity contribution in [1.82, 2.24) is 4.98 Å². The van der Waals surface area contributed by atoms with Gasteiger partial charge in [0.2, 0.25) is 5.91 Å². The monoisotopic (exact) mass is 511 g/mol. The Morgan fingerprint density at radius 1 is 0.861 bits per heavy atom. The Kier molecular flexibility index (Phi) is 7.25.